The van der Waals surface area contributed by atoms with Crippen molar-refractivity contribution < 1.29 is 26.7 Å². The predicted molar refractivity (Wildman–Crippen MR) is 115 cm³/mol. The number of hydrogen-bond donors (Lipinski definition) is 2. The number of aliphatic imine (C=N–C) groups is 1. The number of benzene rings is 1. The Balaban J connectivity index is 0.00000450. The number of halogens is 6. The van der Waals surface area contributed by atoms with Crippen LogP contribution in [0.5, 0.6) is 0 Å². The molecular formula is C18H25F5IN5O. The molecule has 1 atom stereocenters. The molecule has 6 nitrogen and oxygen atoms in total. The van der Waals surface area contributed by atoms with Gasteiger partial charge in [-0.1, -0.05) is 6.07 Å². The number of nitrogens with one attached hydrogen (secondary N) is 2. The number of guanidine groups is 1. The fourth-order valence-electron chi connectivity index (χ4n) is 3.01. The molecule has 1 aliphatic heterocycles. The maximum atomic E-state index is 14.0. The van der Waals surface area contributed by atoms with Crippen molar-refractivity contribution in [3.05, 3.63) is 29.8 Å². The lowest BCUT2D eigenvalue weighted by Gasteiger charge is -2.21. The molecular weight excluding hydrogens is 524 g/mol. The first-order valence-corrected chi connectivity index (χ1v) is 9.15. The minimum Gasteiger partial charge on any atom is -0.365 e. The number of carbonyl (C=O) groups excluding carboxylic acids is 1. The predicted octanol–water partition coefficient (Wildman–Crippen LogP) is 2.74. The lowest BCUT2D eigenvalue weighted by Crippen LogP contribution is -2.45. The van der Waals surface area contributed by atoms with E-state index in [-0.39, 0.29) is 41.7 Å². The van der Waals surface area contributed by atoms with Gasteiger partial charge in [-0.2, -0.15) is 13.2 Å². The zero-order chi connectivity index (χ0) is 21.6. The Kier molecular flexibility index (Phi) is 10.0. The largest absolute Gasteiger partial charge is 0.406 e. The van der Waals surface area contributed by atoms with E-state index in [0.717, 1.165) is 7.05 Å². The topological polar surface area (TPSA) is 60.0 Å². The highest BCUT2D eigenvalue weighted by Gasteiger charge is 2.31. The van der Waals surface area contributed by atoms with Gasteiger partial charge in [-0.3, -0.25) is 4.79 Å². The third-order valence-electron chi connectivity index (χ3n) is 4.34. The number of carbonyl (C=O) groups is 1. The van der Waals surface area contributed by atoms with Gasteiger partial charge in [-0.25, -0.2) is 13.8 Å². The van der Waals surface area contributed by atoms with Crippen LogP contribution in [0.2, 0.25) is 0 Å². The third kappa shape index (κ3) is 7.76. The Morgan fingerprint density at radius 2 is 1.93 bits per heavy atom. The molecule has 0 bridgehead atoms. The molecule has 1 amide bonds. The van der Waals surface area contributed by atoms with Crippen LogP contribution in [-0.4, -0.2) is 68.8 Å². The SMILES string of the molecule is CCNC(=NCC(=O)N(C)CC(F)(F)F)NC1CCN(c2c(F)cccc2F)C1.I. The van der Waals surface area contributed by atoms with Crippen molar-refractivity contribution in [2.75, 3.05) is 44.7 Å². The van der Waals surface area contributed by atoms with Gasteiger partial charge in [0.15, 0.2) is 5.96 Å². The summed E-state index contributed by atoms with van der Waals surface area (Å²) in [4.78, 5) is 18.0. The first-order chi connectivity index (χ1) is 13.6. The zero-order valence-corrected chi connectivity index (χ0v) is 18.9. The molecule has 0 spiro atoms. The first kappa shape index (κ1) is 26.2. The maximum Gasteiger partial charge on any atom is 0.406 e. The van der Waals surface area contributed by atoms with E-state index >= 15 is 0 Å². The van der Waals surface area contributed by atoms with Crippen molar-refractivity contribution in [2.45, 2.75) is 25.6 Å². The van der Waals surface area contributed by atoms with Gasteiger partial charge in [0.05, 0.1) is 0 Å². The number of anilines is 1. The summed E-state index contributed by atoms with van der Waals surface area (Å²) in [5.74, 6) is -1.82. The van der Waals surface area contributed by atoms with Crippen LogP contribution in [0.25, 0.3) is 0 Å². The van der Waals surface area contributed by atoms with E-state index < -0.39 is 36.8 Å². The molecule has 1 heterocycles. The van der Waals surface area contributed by atoms with E-state index in [4.69, 9.17) is 0 Å². The fraction of sp³-hybridized carbons (Fsp3) is 0.556. The highest BCUT2D eigenvalue weighted by atomic mass is 127. The number of nitrogens with zero attached hydrogens (tertiary/aromatic N) is 3. The molecule has 1 aromatic rings. The molecule has 1 aliphatic rings. The van der Waals surface area contributed by atoms with Crippen LogP contribution < -0.4 is 15.5 Å². The van der Waals surface area contributed by atoms with Crippen molar-refractivity contribution in [1.29, 1.82) is 0 Å². The van der Waals surface area contributed by atoms with Gasteiger partial charge < -0.3 is 20.4 Å². The Morgan fingerprint density at radius 3 is 2.50 bits per heavy atom. The Labute approximate surface area is 188 Å². The van der Waals surface area contributed by atoms with E-state index in [0.29, 0.717) is 31.0 Å². The van der Waals surface area contributed by atoms with E-state index in [1.165, 1.54) is 18.2 Å². The molecule has 1 unspecified atom stereocenters. The van der Waals surface area contributed by atoms with Crippen LogP contribution in [0, 0.1) is 11.6 Å². The summed E-state index contributed by atoms with van der Waals surface area (Å²) in [7, 11) is 1.06. The second-order valence-corrected chi connectivity index (χ2v) is 6.71. The van der Waals surface area contributed by atoms with Crippen LogP contribution in [0.3, 0.4) is 0 Å². The number of hydrogen-bond acceptors (Lipinski definition) is 3. The van der Waals surface area contributed by atoms with Crippen molar-refractivity contribution in [3.63, 3.8) is 0 Å². The lowest BCUT2D eigenvalue weighted by atomic mass is 10.2. The number of likely N-dealkylation sites (N-methyl/N-ethyl adjacent to an activating group) is 1. The molecule has 12 heteroatoms. The Morgan fingerprint density at radius 1 is 1.30 bits per heavy atom. The Bertz CT molecular complexity index is 726. The highest BCUT2D eigenvalue weighted by molar-refractivity contribution is 14.0. The summed E-state index contributed by atoms with van der Waals surface area (Å²) in [5, 5.41) is 5.97. The molecule has 1 saturated heterocycles. The molecule has 0 saturated carbocycles. The fourth-order valence-corrected chi connectivity index (χ4v) is 3.01. The smallest absolute Gasteiger partial charge is 0.365 e. The van der Waals surface area contributed by atoms with Gasteiger partial charge >= 0.3 is 6.18 Å². The van der Waals surface area contributed by atoms with Gasteiger partial charge in [0.1, 0.15) is 30.4 Å². The number of rotatable bonds is 6. The van der Waals surface area contributed by atoms with Gasteiger partial charge in [0.25, 0.3) is 0 Å². The number of alkyl halides is 3. The maximum absolute atomic E-state index is 14.0. The molecule has 0 aliphatic carbocycles. The standard InChI is InChI=1S/C18H24F5N5O.HI/c1-3-24-17(25-9-15(29)27(2)11-18(21,22)23)26-12-7-8-28(10-12)16-13(19)5-4-6-14(16)20;/h4-6,12H,3,7-11H2,1-2H3,(H2,24,25,26);1H. The minimum absolute atomic E-state index is 0. The molecule has 1 aromatic carbocycles. The van der Waals surface area contributed by atoms with E-state index in [2.05, 4.69) is 15.6 Å². The zero-order valence-electron chi connectivity index (χ0n) is 16.6. The highest BCUT2D eigenvalue weighted by Crippen LogP contribution is 2.26. The van der Waals surface area contributed by atoms with Gasteiger partial charge in [0.2, 0.25) is 5.91 Å². The average molecular weight is 549 g/mol. The summed E-state index contributed by atoms with van der Waals surface area (Å²) >= 11 is 0. The van der Waals surface area contributed by atoms with Gasteiger partial charge in [0, 0.05) is 32.7 Å². The summed E-state index contributed by atoms with van der Waals surface area (Å²) in [5.41, 5.74) is -0.0947. The average Bonchev–Trinajstić information content (AvgIpc) is 3.06. The molecule has 2 N–H and O–H groups in total. The lowest BCUT2D eigenvalue weighted by molar-refractivity contribution is -0.157. The first-order valence-electron chi connectivity index (χ1n) is 9.15. The summed E-state index contributed by atoms with van der Waals surface area (Å²) < 4.78 is 65.0. The molecule has 0 radical (unpaired) electrons. The number of para-hydroxylation sites is 1. The van der Waals surface area contributed by atoms with Crippen LogP contribution in [0.1, 0.15) is 13.3 Å². The monoisotopic (exact) mass is 549 g/mol. The quantitative estimate of drug-likeness (QED) is 0.248. The third-order valence-corrected chi connectivity index (χ3v) is 4.34. The van der Waals surface area contributed by atoms with Gasteiger partial charge in [-0.05, 0) is 25.5 Å². The second kappa shape index (κ2) is 11.5. The molecule has 2 rings (SSSR count). The molecule has 170 valence electrons. The summed E-state index contributed by atoms with van der Waals surface area (Å²) in [6.07, 6.45) is -3.91. The van der Waals surface area contributed by atoms with E-state index in [1.54, 1.807) is 11.8 Å². The molecule has 30 heavy (non-hydrogen) atoms. The van der Waals surface area contributed by atoms with E-state index in [1.807, 2.05) is 0 Å². The van der Waals surface area contributed by atoms with Crippen LogP contribution in [0.4, 0.5) is 27.6 Å². The summed E-state index contributed by atoms with van der Waals surface area (Å²) in [6.45, 7) is 1.19. The van der Waals surface area contributed by atoms with Crippen molar-refractivity contribution >= 4 is 41.5 Å². The van der Waals surface area contributed by atoms with Crippen LogP contribution in [-0.2, 0) is 4.79 Å². The second-order valence-electron chi connectivity index (χ2n) is 6.71. The molecule has 1 fully saturated rings. The van der Waals surface area contributed by atoms with Gasteiger partial charge in [-0.15, -0.1) is 24.0 Å². The minimum atomic E-state index is -4.48. The van der Waals surface area contributed by atoms with Crippen molar-refractivity contribution in [2.24, 2.45) is 4.99 Å². The van der Waals surface area contributed by atoms with E-state index in [9.17, 15) is 26.7 Å². The molecule has 0 aromatic heterocycles. The van der Waals surface area contributed by atoms with Crippen molar-refractivity contribution in [3.8, 4) is 0 Å². The normalized spacial score (nSPS) is 16.8. The van der Waals surface area contributed by atoms with Crippen molar-refractivity contribution in [1.82, 2.24) is 15.5 Å². The van der Waals surface area contributed by atoms with Crippen LogP contribution in [0.15, 0.2) is 23.2 Å². The number of amides is 1. The Hall–Kier alpha value is -1.86. The van der Waals surface area contributed by atoms with Crippen LogP contribution >= 0.6 is 24.0 Å². The summed E-state index contributed by atoms with van der Waals surface area (Å²) in [6, 6.07) is 3.47.